The third kappa shape index (κ3) is 3.89. The molecule has 2 aromatic carbocycles. The average molecular weight is 323 g/mol. The second-order valence-corrected chi connectivity index (χ2v) is 5.81. The summed E-state index contributed by atoms with van der Waals surface area (Å²) in [5.74, 6) is 1.63. The molecule has 126 valence electrons. The molecule has 0 radical (unpaired) electrons. The zero-order valence-electron chi connectivity index (χ0n) is 14.9. The van der Waals surface area contributed by atoms with Crippen LogP contribution >= 0.6 is 0 Å². The molecule has 2 rings (SSSR count). The van der Waals surface area contributed by atoms with Crippen LogP contribution in [0.25, 0.3) is 0 Å². The lowest BCUT2D eigenvalue weighted by molar-refractivity contribution is 0.409. The normalized spacial score (nSPS) is 11.6. The highest BCUT2D eigenvalue weighted by molar-refractivity contribution is 5.42. The van der Waals surface area contributed by atoms with Gasteiger partial charge in [0.15, 0.2) is 0 Å². The lowest BCUT2D eigenvalue weighted by Gasteiger charge is -2.15. The molecule has 0 aliphatic rings. The Kier molecular flexibility index (Phi) is 6.26. The molecular formula is C21H25NO2. The van der Waals surface area contributed by atoms with Gasteiger partial charge in [0.1, 0.15) is 11.5 Å². The van der Waals surface area contributed by atoms with Crippen LogP contribution in [0.5, 0.6) is 11.5 Å². The molecule has 0 N–H and O–H groups in total. The minimum absolute atomic E-state index is 0.167. The zero-order chi connectivity index (χ0) is 17.5. The van der Waals surface area contributed by atoms with Crippen molar-refractivity contribution in [1.82, 2.24) is 0 Å². The maximum atomic E-state index is 9.65. The van der Waals surface area contributed by atoms with E-state index in [2.05, 4.69) is 32.0 Å². The van der Waals surface area contributed by atoms with Gasteiger partial charge in [-0.05, 0) is 53.6 Å². The molecule has 0 aromatic heterocycles. The highest BCUT2D eigenvalue weighted by Crippen LogP contribution is 2.28. The van der Waals surface area contributed by atoms with Crippen molar-refractivity contribution in [3.05, 3.63) is 58.7 Å². The first-order chi connectivity index (χ1) is 11.7. The van der Waals surface area contributed by atoms with Crippen LogP contribution in [0.3, 0.4) is 0 Å². The predicted molar refractivity (Wildman–Crippen MR) is 96.8 cm³/mol. The number of nitriles is 1. The van der Waals surface area contributed by atoms with Crippen LogP contribution in [0.1, 0.15) is 42.0 Å². The van der Waals surface area contributed by atoms with Gasteiger partial charge in [0.2, 0.25) is 0 Å². The summed E-state index contributed by atoms with van der Waals surface area (Å²) in [5.41, 5.74) is 4.52. The lowest BCUT2D eigenvalue weighted by Crippen LogP contribution is -2.03. The number of hydrogen-bond acceptors (Lipinski definition) is 3. The molecular weight excluding hydrogens is 298 g/mol. The fourth-order valence-electron chi connectivity index (χ4n) is 3.00. The van der Waals surface area contributed by atoms with E-state index in [0.29, 0.717) is 6.42 Å². The van der Waals surface area contributed by atoms with E-state index in [-0.39, 0.29) is 5.92 Å². The number of nitrogens with zero attached hydrogens (tertiary/aromatic N) is 1. The Labute approximate surface area is 144 Å². The Bertz CT molecular complexity index is 731. The Morgan fingerprint density at radius 1 is 0.917 bits per heavy atom. The number of methoxy groups -OCH3 is 2. The Morgan fingerprint density at radius 3 is 2.04 bits per heavy atom. The minimum Gasteiger partial charge on any atom is -0.496 e. The average Bonchev–Trinajstić information content (AvgIpc) is 2.65. The number of aryl methyl sites for hydroxylation is 2. The third-order valence-corrected chi connectivity index (χ3v) is 4.41. The molecule has 0 aliphatic heterocycles. The largest absolute Gasteiger partial charge is 0.496 e. The van der Waals surface area contributed by atoms with Crippen LogP contribution in [-0.2, 0) is 19.3 Å². The summed E-state index contributed by atoms with van der Waals surface area (Å²) < 4.78 is 10.8. The summed E-state index contributed by atoms with van der Waals surface area (Å²) in [4.78, 5) is 0. The maximum Gasteiger partial charge on any atom is 0.122 e. The molecule has 24 heavy (non-hydrogen) atoms. The summed E-state index contributed by atoms with van der Waals surface area (Å²) in [6, 6.07) is 14.7. The van der Waals surface area contributed by atoms with Gasteiger partial charge < -0.3 is 9.47 Å². The van der Waals surface area contributed by atoms with Gasteiger partial charge in [0.25, 0.3) is 0 Å². The standard InChI is InChI=1S/C21H25NO2/c1-5-16-11-15(7-9-20(16)23-3)12-19(14-22)18-8-10-21(24-4)17(6-2)13-18/h7-11,13,19H,5-6,12H2,1-4H3. The number of rotatable bonds is 7. The fourth-order valence-corrected chi connectivity index (χ4v) is 3.00. The molecule has 0 amide bonds. The van der Waals surface area contributed by atoms with Gasteiger partial charge in [-0.2, -0.15) is 5.26 Å². The molecule has 3 heteroatoms. The molecule has 0 aliphatic carbocycles. The first-order valence-corrected chi connectivity index (χ1v) is 8.38. The number of ether oxygens (including phenoxy) is 2. The van der Waals surface area contributed by atoms with E-state index < -0.39 is 0 Å². The summed E-state index contributed by atoms with van der Waals surface area (Å²) in [6.07, 6.45) is 2.50. The molecule has 1 atom stereocenters. The maximum absolute atomic E-state index is 9.65. The van der Waals surface area contributed by atoms with Crippen LogP contribution in [0.2, 0.25) is 0 Å². The van der Waals surface area contributed by atoms with Gasteiger partial charge in [-0.3, -0.25) is 0 Å². The van der Waals surface area contributed by atoms with Crippen molar-refractivity contribution in [3.63, 3.8) is 0 Å². The van der Waals surface area contributed by atoms with E-state index in [4.69, 9.17) is 9.47 Å². The van der Waals surface area contributed by atoms with Crippen molar-refractivity contribution in [2.45, 2.75) is 39.0 Å². The van der Waals surface area contributed by atoms with Gasteiger partial charge in [-0.15, -0.1) is 0 Å². The first kappa shape index (κ1) is 17.9. The summed E-state index contributed by atoms with van der Waals surface area (Å²) in [5, 5.41) is 9.65. The smallest absolute Gasteiger partial charge is 0.122 e. The van der Waals surface area contributed by atoms with E-state index in [9.17, 15) is 5.26 Å². The molecule has 0 saturated carbocycles. The number of benzene rings is 2. The molecule has 0 fully saturated rings. The molecule has 3 nitrogen and oxygen atoms in total. The molecule has 1 unspecified atom stereocenters. The van der Waals surface area contributed by atoms with Crippen LogP contribution in [-0.4, -0.2) is 14.2 Å². The zero-order valence-corrected chi connectivity index (χ0v) is 14.9. The van der Waals surface area contributed by atoms with Crippen molar-refractivity contribution in [2.75, 3.05) is 14.2 Å². The minimum atomic E-state index is -0.167. The summed E-state index contributed by atoms with van der Waals surface area (Å²) in [6.45, 7) is 4.21. The van der Waals surface area contributed by atoms with Gasteiger partial charge >= 0.3 is 0 Å². The van der Waals surface area contributed by atoms with Crippen molar-refractivity contribution >= 4 is 0 Å². The summed E-state index contributed by atoms with van der Waals surface area (Å²) in [7, 11) is 3.37. The van der Waals surface area contributed by atoms with E-state index in [1.807, 2.05) is 24.3 Å². The Balaban J connectivity index is 2.28. The van der Waals surface area contributed by atoms with Gasteiger partial charge in [0, 0.05) is 0 Å². The molecule has 0 saturated heterocycles. The van der Waals surface area contributed by atoms with Crippen LogP contribution in [0, 0.1) is 11.3 Å². The van der Waals surface area contributed by atoms with Crippen LogP contribution in [0.15, 0.2) is 36.4 Å². The van der Waals surface area contributed by atoms with Gasteiger partial charge in [0.05, 0.1) is 26.2 Å². The van der Waals surface area contributed by atoms with Crippen molar-refractivity contribution < 1.29 is 9.47 Å². The number of hydrogen-bond donors (Lipinski definition) is 0. The molecule has 0 bridgehead atoms. The lowest BCUT2D eigenvalue weighted by atomic mass is 9.90. The van der Waals surface area contributed by atoms with Crippen LogP contribution < -0.4 is 9.47 Å². The Hall–Kier alpha value is -2.47. The van der Waals surface area contributed by atoms with E-state index in [0.717, 1.165) is 41.0 Å². The highest BCUT2D eigenvalue weighted by Gasteiger charge is 2.15. The van der Waals surface area contributed by atoms with E-state index >= 15 is 0 Å². The van der Waals surface area contributed by atoms with E-state index in [1.54, 1.807) is 14.2 Å². The topological polar surface area (TPSA) is 42.2 Å². The van der Waals surface area contributed by atoms with Gasteiger partial charge in [-0.25, -0.2) is 0 Å². The SMILES string of the molecule is CCc1cc(CC(C#N)c2ccc(OC)c(CC)c2)ccc1OC. The van der Waals surface area contributed by atoms with Crippen molar-refractivity contribution in [2.24, 2.45) is 0 Å². The first-order valence-electron chi connectivity index (χ1n) is 8.38. The van der Waals surface area contributed by atoms with Crippen LogP contribution in [0.4, 0.5) is 0 Å². The molecule has 0 spiro atoms. The molecule has 2 aromatic rings. The van der Waals surface area contributed by atoms with Crippen molar-refractivity contribution in [3.8, 4) is 17.6 Å². The van der Waals surface area contributed by atoms with Gasteiger partial charge in [-0.1, -0.05) is 38.1 Å². The van der Waals surface area contributed by atoms with E-state index in [1.165, 1.54) is 5.56 Å². The predicted octanol–water partition coefficient (Wildman–Crippen LogP) is 4.68. The fraction of sp³-hybridized carbons (Fsp3) is 0.381. The summed E-state index contributed by atoms with van der Waals surface area (Å²) >= 11 is 0. The third-order valence-electron chi connectivity index (χ3n) is 4.41. The second kappa shape index (κ2) is 8.40. The highest BCUT2D eigenvalue weighted by atomic mass is 16.5. The second-order valence-electron chi connectivity index (χ2n) is 5.81. The Morgan fingerprint density at radius 2 is 1.50 bits per heavy atom. The molecule has 0 heterocycles. The monoisotopic (exact) mass is 323 g/mol. The quantitative estimate of drug-likeness (QED) is 0.743. The van der Waals surface area contributed by atoms with Crippen molar-refractivity contribution in [1.29, 1.82) is 5.26 Å².